The van der Waals surface area contributed by atoms with Crippen LogP contribution in [0.15, 0.2) is 29.2 Å². The molecule has 1 saturated heterocycles. The van der Waals surface area contributed by atoms with Gasteiger partial charge in [-0.2, -0.15) is 0 Å². The van der Waals surface area contributed by atoms with Crippen LogP contribution in [0.25, 0.3) is 0 Å². The second-order valence-corrected chi connectivity index (χ2v) is 4.81. The van der Waals surface area contributed by atoms with Crippen LogP contribution in [0.5, 0.6) is 0 Å². The maximum absolute atomic E-state index is 8.57. The fourth-order valence-electron chi connectivity index (χ4n) is 1.09. The number of hydrogen-bond acceptors (Lipinski definition) is 3. The number of benzene rings is 1. The number of aryl methyl sites for hydroxylation is 1. The van der Waals surface area contributed by atoms with Gasteiger partial charge < -0.3 is 9.84 Å². The largest absolute Gasteiger partial charge is 0.396 e. The number of aliphatic hydroxyl groups excluding tert-OH is 1. The molecule has 1 aliphatic heterocycles. The van der Waals surface area contributed by atoms with Crippen molar-refractivity contribution in [2.75, 3.05) is 19.8 Å². The van der Waals surface area contributed by atoms with Gasteiger partial charge in [0.15, 0.2) is 0 Å². The molecule has 1 heterocycles. The van der Waals surface area contributed by atoms with Crippen LogP contribution in [-0.4, -0.2) is 24.9 Å². The van der Waals surface area contributed by atoms with Gasteiger partial charge in [-0.25, -0.2) is 0 Å². The van der Waals surface area contributed by atoms with E-state index < -0.39 is 0 Å². The second-order valence-electron chi connectivity index (χ2n) is 4.30. The smallest absolute Gasteiger partial charge is 0.0564 e. The minimum absolute atomic E-state index is 0.0972. The Morgan fingerprint density at radius 1 is 1.33 bits per heavy atom. The first-order chi connectivity index (χ1) is 7.06. The summed E-state index contributed by atoms with van der Waals surface area (Å²) in [6.45, 7) is 5.78. The van der Waals surface area contributed by atoms with Gasteiger partial charge in [0.25, 0.3) is 0 Å². The highest BCUT2D eigenvalue weighted by atomic mass is 32.1. The molecule has 3 heteroatoms. The van der Waals surface area contributed by atoms with Crippen molar-refractivity contribution < 1.29 is 9.84 Å². The molecule has 0 spiro atoms. The molecule has 0 aliphatic carbocycles. The first kappa shape index (κ1) is 12.6. The average molecular weight is 226 g/mol. The summed E-state index contributed by atoms with van der Waals surface area (Å²) in [5.41, 5.74) is 1.38. The second kappa shape index (κ2) is 5.54. The zero-order valence-electron chi connectivity index (χ0n) is 9.23. The molecule has 0 aromatic heterocycles. The fraction of sp³-hybridized carbons (Fsp3) is 0.500. The topological polar surface area (TPSA) is 29.5 Å². The molecule has 2 rings (SSSR count). The van der Waals surface area contributed by atoms with Gasteiger partial charge in [-0.05, 0) is 19.1 Å². The Morgan fingerprint density at radius 2 is 1.87 bits per heavy atom. The third-order valence-corrected chi connectivity index (χ3v) is 2.61. The highest BCUT2D eigenvalue weighted by Crippen LogP contribution is 2.24. The van der Waals surface area contributed by atoms with Crippen molar-refractivity contribution in [1.29, 1.82) is 0 Å². The van der Waals surface area contributed by atoms with Crippen LogP contribution in [-0.2, 0) is 4.74 Å². The Balaban J connectivity index is 0.000000151. The van der Waals surface area contributed by atoms with Crippen molar-refractivity contribution in [3.8, 4) is 0 Å². The number of aliphatic hydroxyl groups is 1. The molecule has 0 bridgehead atoms. The van der Waals surface area contributed by atoms with Crippen molar-refractivity contribution in [1.82, 2.24) is 0 Å². The molecule has 0 radical (unpaired) electrons. The van der Waals surface area contributed by atoms with Crippen molar-refractivity contribution in [2.45, 2.75) is 18.7 Å². The van der Waals surface area contributed by atoms with E-state index in [0.717, 1.165) is 18.1 Å². The summed E-state index contributed by atoms with van der Waals surface area (Å²) in [6.07, 6.45) is 0. The lowest BCUT2D eigenvalue weighted by atomic mass is 9.90. The van der Waals surface area contributed by atoms with Gasteiger partial charge in [-0.3, -0.25) is 0 Å². The molecule has 0 atom stereocenters. The highest BCUT2D eigenvalue weighted by Gasteiger charge is 2.31. The molecule has 0 amide bonds. The Bertz CT molecular complexity index is 264. The van der Waals surface area contributed by atoms with E-state index in [0.29, 0.717) is 0 Å². The molecule has 2 nitrogen and oxygen atoms in total. The maximum atomic E-state index is 8.57. The number of hydrogen-bond donors (Lipinski definition) is 2. The number of ether oxygens (including phenoxy) is 1. The van der Waals surface area contributed by atoms with Gasteiger partial charge >= 0.3 is 0 Å². The zero-order valence-corrected chi connectivity index (χ0v) is 10.1. The monoisotopic (exact) mass is 226 g/mol. The van der Waals surface area contributed by atoms with Crippen LogP contribution in [0, 0.1) is 12.3 Å². The van der Waals surface area contributed by atoms with E-state index in [-0.39, 0.29) is 12.0 Å². The minimum Gasteiger partial charge on any atom is -0.396 e. The summed E-state index contributed by atoms with van der Waals surface area (Å²) in [6, 6.07) is 8.06. The predicted molar refractivity (Wildman–Crippen MR) is 64.4 cm³/mol. The average Bonchev–Trinajstić information content (AvgIpc) is 2.20. The summed E-state index contributed by atoms with van der Waals surface area (Å²) < 4.78 is 4.87. The molecular weight excluding hydrogens is 208 g/mol. The first-order valence-electron chi connectivity index (χ1n) is 5.00. The third kappa shape index (κ3) is 4.24. The van der Waals surface area contributed by atoms with E-state index in [1.165, 1.54) is 5.56 Å². The molecule has 15 heavy (non-hydrogen) atoms. The summed E-state index contributed by atoms with van der Waals surface area (Å²) in [7, 11) is 0. The van der Waals surface area contributed by atoms with Crippen molar-refractivity contribution in [2.24, 2.45) is 5.41 Å². The third-order valence-electron chi connectivity index (χ3n) is 2.32. The van der Waals surface area contributed by atoms with E-state index in [9.17, 15) is 0 Å². The standard InChI is InChI=1S/C7H8S.C5H10O2/c1-6-2-4-7(8)5-3-6;1-5(2-6)3-7-4-5/h2-5,8H,1H3;6H,2-4H2,1H3. The van der Waals surface area contributed by atoms with E-state index >= 15 is 0 Å². The molecule has 1 aromatic carbocycles. The van der Waals surface area contributed by atoms with Crippen molar-refractivity contribution >= 4 is 12.6 Å². The normalized spacial score (nSPS) is 17.3. The molecule has 1 aliphatic rings. The van der Waals surface area contributed by atoms with Crippen LogP contribution in [0.1, 0.15) is 12.5 Å². The van der Waals surface area contributed by atoms with Crippen LogP contribution in [0.4, 0.5) is 0 Å². The summed E-state index contributed by atoms with van der Waals surface area (Å²) in [5, 5.41) is 8.57. The number of rotatable bonds is 1. The van der Waals surface area contributed by atoms with Crippen LogP contribution in [0.2, 0.25) is 0 Å². The van der Waals surface area contributed by atoms with Crippen LogP contribution < -0.4 is 0 Å². The van der Waals surface area contributed by atoms with Gasteiger partial charge in [0.1, 0.15) is 0 Å². The van der Waals surface area contributed by atoms with Gasteiger partial charge in [0, 0.05) is 10.3 Å². The Morgan fingerprint density at radius 3 is 2.07 bits per heavy atom. The number of thiol groups is 1. The summed E-state index contributed by atoms with van der Waals surface area (Å²) >= 11 is 4.13. The molecule has 0 saturated carbocycles. The van der Waals surface area contributed by atoms with E-state index in [2.05, 4.69) is 19.6 Å². The van der Waals surface area contributed by atoms with Crippen LogP contribution >= 0.6 is 12.6 Å². The Kier molecular flexibility index (Phi) is 4.64. The summed E-state index contributed by atoms with van der Waals surface area (Å²) in [5.74, 6) is 0. The Hall–Kier alpha value is -0.510. The van der Waals surface area contributed by atoms with Gasteiger partial charge in [0.2, 0.25) is 0 Å². The molecular formula is C12H18O2S. The lowest BCUT2D eigenvalue weighted by molar-refractivity contribution is -0.125. The van der Waals surface area contributed by atoms with E-state index in [1.54, 1.807) is 0 Å². The molecule has 1 fully saturated rings. The minimum atomic E-state index is 0.0972. The van der Waals surface area contributed by atoms with E-state index in [1.807, 2.05) is 31.2 Å². The predicted octanol–water partition coefficient (Wildman–Crippen LogP) is 2.30. The van der Waals surface area contributed by atoms with Gasteiger partial charge in [0.05, 0.1) is 19.8 Å². The quantitative estimate of drug-likeness (QED) is 0.720. The molecule has 1 N–H and O–H groups in total. The molecule has 0 unspecified atom stereocenters. The lowest BCUT2D eigenvalue weighted by Gasteiger charge is -2.35. The zero-order chi connectivity index (χ0) is 11.3. The van der Waals surface area contributed by atoms with Crippen molar-refractivity contribution in [3.63, 3.8) is 0 Å². The van der Waals surface area contributed by atoms with E-state index in [4.69, 9.17) is 9.84 Å². The maximum Gasteiger partial charge on any atom is 0.0564 e. The SMILES string of the molecule is CC1(CO)COC1.Cc1ccc(S)cc1. The first-order valence-corrected chi connectivity index (χ1v) is 5.45. The van der Waals surface area contributed by atoms with Gasteiger partial charge in [-0.1, -0.05) is 24.6 Å². The van der Waals surface area contributed by atoms with Crippen molar-refractivity contribution in [3.05, 3.63) is 29.8 Å². The molecule has 1 aromatic rings. The lowest BCUT2D eigenvalue weighted by Crippen LogP contribution is -2.42. The van der Waals surface area contributed by atoms with Gasteiger partial charge in [-0.15, -0.1) is 12.6 Å². The summed E-state index contributed by atoms with van der Waals surface area (Å²) in [4.78, 5) is 1.02. The Labute approximate surface area is 96.7 Å². The highest BCUT2D eigenvalue weighted by molar-refractivity contribution is 7.80. The molecule has 84 valence electrons. The fourth-order valence-corrected chi connectivity index (χ4v) is 1.24. The van der Waals surface area contributed by atoms with Crippen LogP contribution in [0.3, 0.4) is 0 Å².